The predicted molar refractivity (Wildman–Crippen MR) is 389 cm³/mol. The minimum atomic E-state index is -0.837. The molecule has 1 spiro atoms. The van der Waals surface area contributed by atoms with Crippen LogP contribution in [0, 0.1) is 10.7 Å². The molecule has 2 aliphatic heterocycles. The second-order valence-electron chi connectivity index (χ2n) is 27.1. The van der Waals surface area contributed by atoms with Gasteiger partial charge in [-0.3, -0.25) is 0 Å². The smallest absolute Gasteiger partial charge is 0.0622 e. The van der Waals surface area contributed by atoms with E-state index in [4.69, 9.17) is 9.72 Å². The summed E-state index contributed by atoms with van der Waals surface area (Å²) in [6.07, 6.45) is 2.07. The Kier molecular flexibility index (Phi) is 14.6. The molecule has 4 heterocycles. The molecule has 0 N–H and O–H groups in total. The van der Waals surface area contributed by atoms with Gasteiger partial charge in [0.25, 0.3) is 0 Å². The Morgan fingerprint density at radius 2 is 0.874 bits per heavy atom. The van der Waals surface area contributed by atoms with Crippen LogP contribution in [-0.4, -0.2) is 14.1 Å². The van der Waals surface area contributed by atoms with Gasteiger partial charge in [-0.2, -0.15) is 0 Å². The van der Waals surface area contributed by atoms with Crippen molar-refractivity contribution in [3.05, 3.63) is 346 Å². The van der Waals surface area contributed by atoms with Crippen molar-refractivity contribution in [2.24, 2.45) is 0 Å². The molecule has 0 aliphatic carbocycles. The van der Waals surface area contributed by atoms with Crippen LogP contribution >= 0.6 is 0 Å². The topological polar surface area (TPSA) is 38.5 Å². The molecule has 0 saturated heterocycles. The van der Waals surface area contributed by atoms with Crippen molar-refractivity contribution >= 4 is 45.3 Å². The Labute approximate surface area is 567 Å². The van der Waals surface area contributed by atoms with Crippen LogP contribution in [0.5, 0.6) is 11.5 Å². The van der Waals surface area contributed by atoms with E-state index < -0.39 is 10.8 Å². The Hall–Kier alpha value is -10.7. The van der Waals surface area contributed by atoms with E-state index in [1.165, 1.54) is 33.4 Å². The molecule has 2 aromatic heterocycles. The summed E-state index contributed by atoms with van der Waals surface area (Å²) in [7, 11) is 0. The predicted octanol–water partition coefficient (Wildman–Crippen LogP) is 23.2. The van der Waals surface area contributed by atoms with E-state index in [0.717, 1.165) is 122 Å². The molecule has 0 amide bonds. The molecular weight excluding hydrogens is 1340 g/mol. The number of hydrogen-bond acceptors (Lipinski definition) is 4. The Balaban J connectivity index is 0.919. The third-order valence-electron chi connectivity index (χ3n) is 19.2. The van der Waals surface area contributed by atoms with Gasteiger partial charge in [0.2, 0.25) is 0 Å². The first kappa shape index (κ1) is 59.4. The van der Waals surface area contributed by atoms with Crippen LogP contribution in [0.3, 0.4) is 0 Å². The quantitative estimate of drug-likeness (QED) is 0.137. The van der Waals surface area contributed by atoms with Crippen molar-refractivity contribution in [3.63, 3.8) is 0 Å². The summed E-state index contributed by atoms with van der Waals surface area (Å²) in [5.74, 6) is 2.31. The SMILES string of the molecule is Cc1cc(N2c3ccc(C(C)(C)C)cc3C3(c4ccccc4N(c4ccccc4)c4ccccc43)c3cc(C(C)(C)C)c(Oc4cccc(-n5[c](=[Pt])n(-c6c(-c7ccccc7)cccc6-c6ccccc6)c6ccccc65)c4)cc32)ncc1-c1ccc(-c2ccccc2)cc1. The van der Waals surface area contributed by atoms with Crippen LogP contribution in [0.1, 0.15) is 80.5 Å². The van der Waals surface area contributed by atoms with E-state index in [9.17, 15) is 0 Å². The van der Waals surface area contributed by atoms with Crippen molar-refractivity contribution in [3.8, 4) is 67.4 Å². The number of ether oxygens (including phenoxy) is 1. The first-order valence-corrected chi connectivity index (χ1v) is 33.9. The number of hydrogen-bond donors (Lipinski definition) is 0. The van der Waals surface area contributed by atoms with Gasteiger partial charge in [0.1, 0.15) is 0 Å². The monoisotopic (exact) mass is 1410 g/mol. The molecule has 2 aliphatic rings. The van der Waals surface area contributed by atoms with Crippen molar-refractivity contribution in [1.29, 1.82) is 0 Å². The Bertz CT molecular complexity index is 5230. The standard InChI is InChI=1S/C88H71N5O.Pt/c1-59-52-84(89-57-71(59)64-48-46-61(47-49-64)60-28-12-8-13-29-60)93-79-51-50-65(86(2,3)4)53-74(79)88(72-40-20-22-42-77(72)92(66-34-18-11-19-35-66)78-43-23-21-41-73(78)88)75-55-76(87(5,6)7)83(56-82(75)93)94-68-37-26-36-67(54-68)90-58-91(81-45-25-24-44-80(81)90)85-69(62-30-14-9-15-31-62)38-27-39-70(85)63-32-16-10-17-33-63;/h8-57H,1-7H3;. The number of aromatic nitrogens is 3. The van der Waals surface area contributed by atoms with Gasteiger partial charge in [0.15, 0.2) is 0 Å². The molecular formula is C88H71N5OPt. The summed E-state index contributed by atoms with van der Waals surface area (Å²) in [5, 5.41) is 0. The number of rotatable bonds is 10. The van der Waals surface area contributed by atoms with Gasteiger partial charge in [-0.05, 0) is 64.4 Å². The zero-order valence-electron chi connectivity index (χ0n) is 54.3. The molecule has 6 nitrogen and oxygen atoms in total. The number of fused-ring (bicyclic) bond motifs is 9. The summed E-state index contributed by atoms with van der Waals surface area (Å²) < 4.78 is 13.5. The normalized spacial score (nSPS) is 13.1. The number of nitrogens with zero attached hydrogens (tertiary/aromatic N) is 5. The maximum atomic E-state index is 7.65. The molecule has 14 aromatic rings. The van der Waals surface area contributed by atoms with Crippen LogP contribution in [0.2, 0.25) is 0 Å². The van der Waals surface area contributed by atoms with Gasteiger partial charge in [0, 0.05) is 17.4 Å². The number of imidazole rings is 1. The summed E-state index contributed by atoms with van der Waals surface area (Å²) in [5.41, 5.74) is 25.6. The van der Waals surface area contributed by atoms with Gasteiger partial charge in [-0.15, -0.1) is 0 Å². The van der Waals surface area contributed by atoms with Crippen LogP contribution < -0.4 is 14.5 Å². The molecule has 0 bridgehead atoms. The summed E-state index contributed by atoms with van der Waals surface area (Å²) >= 11 is 2.54. The van der Waals surface area contributed by atoms with E-state index in [0.29, 0.717) is 0 Å². The van der Waals surface area contributed by atoms with Crippen LogP contribution in [0.25, 0.3) is 66.9 Å². The van der Waals surface area contributed by atoms with E-state index in [1.54, 1.807) is 0 Å². The zero-order valence-corrected chi connectivity index (χ0v) is 56.6. The van der Waals surface area contributed by atoms with Crippen molar-refractivity contribution in [2.45, 2.75) is 64.7 Å². The second kappa shape index (κ2) is 23.4. The molecule has 0 saturated carbocycles. The molecule has 12 aromatic carbocycles. The average Bonchev–Trinajstić information content (AvgIpc) is 1.23. The van der Waals surface area contributed by atoms with Crippen LogP contribution in [0.15, 0.2) is 303 Å². The molecule has 0 atom stereocenters. The Morgan fingerprint density at radius 1 is 0.379 bits per heavy atom. The summed E-state index contributed by atoms with van der Waals surface area (Å²) in [6.45, 7) is 16.1. The molecule has 95 heavy (non-hydrogen) atoms. The first-order chi connectivity index (χ1) is 46.2. The molecule has 0 fully saturated rings. The minimum Gasteiger partial charge on any atom is -0.0622 e. The van der Waals surface area contributed by atoms with Crippen molar-refractivity contribution in [1.82, 2.24) is 14.1 Å². The fraction of sp³-hybridized carbons (Fsp3) is 0.114. The fourth-order valence-corrected chi connectivity index (χ4v) is 15.8. The number of benzene rings is 12. The minimum absolute atomic E-state index is 0.177. The number of anilines is 6. The van der Waals surface area contributed by atoms with Gasteiger partial charge < -0.3 is 4.90 Å². The maximum absolute atomic E-state index is 7.65. The van der Waals surface area contributed by atoms with Gasteiger partial charge in [-0.1, -0.05) is 142 Å². The summed E-state index contributed by atoms with van der Waals surface area (Å²) in [6, 6.07) is 108. The zero-order chi connectivity index (χ0) is 64.7. The average molecular weight is 1410 g/mol. The van der Waals surface area contributed by atoms with Crippen molar-refractivity contribution < 1.29 is 24.1 Å². The third kappa shape index (κ3) is 10.0. The number of pyridine rings is 1. The third-order valence-corrected chi connectivity index (χ3v) is 20.3. The second-order valence-corrected chi connectivity index (χ2v) is 28.1. The van der Waals surface area contributed by atoms with E-state index >= 15 is 0 Å². The summed E-state index contributed by atoms with van der Waals surface area (Å²) in [4.78, 5) is 10.4. The molecule has 464 valence electrons. The van der Waals surface area contributed by atoms with Crippen LogP contribution in [0.4, 0.5) is 34.3 Å². The van der Waals surface area contributed by atoms with E-state index in [2.05, 4.69) is 390 Å². The van der Waals surface area contributed by atoms with Crippen LogP contribution in [-0.2, 0) is 35.6 Å². The van der Waals surface area contributed by atoms with Gasteiger partial charge in [0.05, 0.1) is 11.4 Å². The number of aryl methyl sites for hydroxylation is 1. The molecule has 0 unspecified atom stereocenters. The van der Waals surface area contributed by atoms with E-state index in [1.807, 2.05) is 0 Å². The molecule has 0 radical (unpaired) electrons. The van der Waals surface area contributed by atoms with E-state index in [-0.39, 0.29) is 5.41 Å². The molecule has 16 rings (SSSR count). The molecule has 7 heteroatoms. The van der Waals surface area contributed by atoms with Gasteiger partial charge >= 0.3 is 331 Å². The fourth-order valence-electron chi connectivity index (χ4n) is 14.7. The number of para-hydroxylation sites is 6. The van der Waals surface area contributed by atoms with Gasteiger partial charge in [-0.25, -0.2) is 0 Å². The Morgan fingerprint density at radius 3 is 1.47 bits per heavy atom. The van der Waals surface area contributed by atoms with Crippen molar-refractivity contribution in [2.75, 3.05) is 9.80 Å². The first-order valence-electron chi connectivity index (χ1n) is 32.8.